The van der Waals surface area contributed by atoms with Crippen LogP contribution in [0.2, 0.25) is 0 Å². The van der Waals surface area contributed by atoms with Gasteiger partial charge < -0.3 is 19.7 Å². The second kappa shape index (κ2) is 11.5. The van der Waals surface area contributed by atoms with E-state index in [1.165, 1.54) is 12.3 Å². The van der Waals surface area contributed by atoms with Crippen LogP contribution in [0.5, 0.6) is 11.6 Å². The number of rotatable bonds is 9. The van der Waals surface area contributed by atoms with Crippen LogP contribution in [0.25, 0.3) is 0 Å². The van der Waals surface area contributed by atoms with Gasteiger partial charge in [0.15, 0.2) is 6.61 Å². The smallest absolute Gasteiger partial charge is 0.422 e. The zero-order chi connectivity index (χ0) is 23.7. The number of hydrogen-bond acceptors (Lipinski definition) is 5. The zero-order valence-electron chi connectivity index (χ0n) is 18.0. The van der Waals surface area contributed by atoms with Crippen molar-refractivity contribution in [1.82, 2.24) is 15.2 Å². The molecule has 1 aliphatic heterocycles. The molecule has 1 aromatic heterocycles. The summed E-state index contributed by atoms with van der Waals surface area (Å²) in [5.41, 5.74) is 0.567. The fourth-order valence-electron chi connectivity index (χ4n) is 3.48. The van der Waals surface area contributed by atoms with Gasteiger partial charge in [0, 0.05) is 31.9 Å². The molecule has 0 spiro atoms. The van der Waals surface area contributed by atoms with Gasteiger partial charge in [0.25, 0.3) is 0 Å². The predicted molar refractivity (Wildman–Crippen MR) is 113 cm³/mol. The third-order valence-electron chi connectivity index (χ3n) is 5.12. The minimum absolute atomic E-state index is 0.0657. The minimum Gasteiger partial charge on any atom is -0.493 e. The van der Waals surface area contributed by atoms with E-state index in [1.54, 1.807) is 11.0 Å². The number of nitrogens with one attached hydrogen (secondary N) is 1. The number of alkyl halides is 3. The van der Waals surface area contributed by atoms with E-state index in [-0.39, 0.29) is 43.2 Å². The molecule has 0 radical (unpaired) electrons. The van der Waals surface area contributed by atoms with E-state index >= 15 is 0 Å². The summed E-state index contributed by atoms with van der Waals surface area (Å²) in [5, 5.41) is 2.79. The van der Waals surface area contributed by atoms with Gasteiger partial charge in [-0.25, -0.2) is 4.98 Å². The monoisotopic (exact) mass is 465 g/mol. The number of carbonyl (C=O) groups excluding carboxylic acids is 2. The minimum atomic E-state index is -4.45. The van der Waals surface area contributed by atoms with Crippen molar-refractivity contribution in [3.63, 3.8) is 0 Å². The number of para-hydroxylation sites is 1. The van der Waals surface area contributed by atoms with Gasteiger partial charge in [0.1, 0.15) is 5.75 Å². The molecule has 0 saturated carbocycles. The average molecular weight is 465 g/mol. The van der Waals surface area contributed by atoms with Crippen molar-refractivity contribution in [2.24, 2.45) is 5.92 Å². The molecule has 7 nitrogen and oxygen atoms in total. The molecule has 0 bridgehead atoms. The number of halogens is 3. The summed E-state index contributed by atoms with van der Waals surface area (Å²) in [4.78, 5) is 30.6. The van der Waals surface area contributed by atoms with Crippen molar-refractivity contribution in [3.8, 4) is 11.6 Å². The van der Waals surface area contributed by atoms with E-state index < -0.39 is 12.8 Å². The number of amides is 2. The third kappa shape index (κ3) is 8.28. The Bertz CT molecular complexity index is 925. The Morgan fingerprint density at radius 3 is 2.70 bits per heavy atom. The summed E-state index contributed by atoms with van der Waals surface area (Å²) in [6, 6.07) is 12.2. The van der Waals surface area contributed by atoms with Gasteiger partial charge in [-0.3, -0.25) is 9.59 Å². The fraction of sp³-hybridized carbons (Fsp3) is 0.435. The van der Waals surface area contributed by atoms with Crippen LogP contribution in [0, 0.1) is 5.92 Å². The van der Waals surface area contributed by atoms with Gasteiger partial charge in [0.2, 0.25) is 17.7 Å². The summed E-state index contributed by atoms with van der Waals surface area (Å²) >= 11 is 0. The number of likely N-dealkylation sites (tertiary alicyclic amines) is 1. The third-order valence-corrected chi connectivity index (χ3v) is 5.12. The largest absolute Gasteiger partial charge is 0.493 e. The highest BCUT2D eigenvalue weighted by Gasteiger charge is 2.29. The van der Waals surface area contributed by atoms with Crippen LogP contribution < -0.4 is 14.8 Å². The predicted octanol–water partition coefficient (Wildman–Crippen LogP) is 3.35. The van der Waals surface area contributed by atoms with Crippen molar-refractivity contribution in [2.75, 3.05) is 26.3 Å². The number of nitrogens with zero attached hydrogens (tertiary/aromatic N) is 2. The lowest BCUT2D eigenvalue weighted by Crippen LogP contribution is -2.45. The molecule has 0 aliphatic carbocycles. The van der Waals surface area contributed by atoms with E-state index in [0.29, 0.717) is 37.2 Å². The Hall–Kier alpha value is -3.30. The summed E-state index contributed by atoms with van der Waals surface area (Å²) < 4.78 is 47.1. The first-order valence-corrected chi connectivity index (χ1v) is 10.7. The van der Waals surface area contributed by atoms with Crippen molar-refractivity contribution >= 4 is 11.8 Å². The zero-order valence-corrected chi connectivity index (χ0v) is 18.0. The lowest BCUT2D eigenvalue weighted by Gasteiger charge is -2.32. The molecule has 1 atom stereocenters. The molecule has 1 aromatic carbocycles. The van der Waals surface area contributed by atoms with Crippen molar-refractivity contribution in [2.45, 2.75) is 32.0 Å². The second-order valence-electron chi connectivity index (χ2n) is 7.71. The maximum atomic E-state index is 12.6. The average Bonchev–Trinajstić information content (AvgIpc) is 2.82. The molecule has 1 unspecified atom stereocenters. The molecule has 2 amide bonds. The standard InChI is InChI=1S/C23H26F3N3O4/c24-23(25,26)16-33-20-13-17(8-10-27-20)14-28-22(31)18-5-4-11-29(15-18)21(30)9-12-32-19-6-2-1-3-7-19/h1-3,6-8,10,13,18H,4-5,9,11-12,14-16H2,(H,28,31). The van der Waals surface area contributed by atoms with Crippen molar-refractivity contribution in [1.29, 1.82) is 0 Å². The van der Waals surface area contributed by atoms with Crippen LogP contribution >= 0.6 is 0 Å². The second-order valence-corrected chi connectivity index (χ2v) is 7.71. The van der Waals surface area contributed by atoms with Crippen molar-refractivity contribution in [3.05, 3.63) is 54.2 Å². The Kier molecular flexibility index (Phi) is 8.51. The first kappa shape index (κ1) is 24.3. The van der Waals surface area contributed by atoms with Crippen LogP contribution in [0.3, 0.4) is 0 Å². The van der Waals surface area contributed by atoms with Gasteiger partial charge >= 0.3 is 6.18 Å². The molecule has 1 fully saturated rings. The lowest BCUT2D eigenvalue weighted by atomic mass is 9.96. The molecule has 33 heavy (non-hydrogen) atoms. The number of piperidine rings is 1. The molecule has 2 aromatic rings. The van der Waals surface area contributed by atoms with Crippen LogP contribution in [-0.2, 0) is 16.1 Å². The molecular weight excluding hydrogens is 439 g/mol. The molecule has 178 valence electrons. The number of ether oxygens (including phenoxy) is 2. The van der Waals surface area contributed by atoms with Gasteiger partial charge in [-0.05, 0) is 36.6 Å². The quantitative estimate of drug-likeness (QED) is 0.615. The van der Waals surface area contributed by atoms with Crippen LogP contribution in [0.1, 0.15) is 24.8 Å². The van der Waals surface area contributed by atoms with Gasteiger partial charge in [-0.2, -0.15) is 13.2 Å². The first-order valence-electron chi connectivity index (χ1n) is 10.7. The highest BCUT2D eigenvalue weighted by molar-refractivity contribution is 5.81. The lowest BCUT2D eigenvalue weighted by molar-refractivity contribution is -0.154. The van der Waals surface area contributed by atoms with Crippen LogP contribution in [0.4, 0.5) is 13.2 Å². The summed E-state index contributed by atoms with van der Waals surface area (Å²) in [6.45, 7) is -0.126. The molecular formula is C23H26F3N3O4. The van der Waals surface area contributed by atoms with E-state index in [1.807, 2.05) is 30.3 Å². The van der Waals surface area contributed by atoms with Gasteiger partial charge in [-0.15, -0.1) is 0 Å². The Balaban J connectivity index is 1.43. The summed E-state index contributed by atoms with van der Waals surface area (Å²) in [7, 11) is 0. The highest BCUT2D eigenvalue weighted by atomic mass is 19.4. The van der Waals surface area contributed by atoms with Gasteiger partial charge in [-0.1, -0.05) is 18.2 Å². The number of aromatic nitrogens is 1. The topological polar surface area (TPSA) is 80.8 Å². The SMILES string of the molecule is O=C(NCc1ccnc(OCC(F)(F)F)c1)C1CCCN(C(=O)CCOc2ccccc2)C1. The maximum absolute atomic E-state index is 12.6. The Labute approximate surface area is 189 Å². The molecule has 10 heteroatoms. The Morgan fingerprint density at radius 2 is 1.94 bits per heavy atom. The normalized spacial score (nSPS) is 16.2. The van der Waals surface area contributed by atoms with Crippen molar-refractivity contribution < 1.29 is 32.2 Å². The summed E-state index contributed by atoms with van der Waals surface area (Å²) in [6.07, 6.45) is -1.53. The Morgan fingerprint density at radius 1 is 1.15 bits per heavy atom. The number of carbonyl (C=O) groups is 2. The van der Waals surface area contributed by atoms with Gasteiger partial charge in [0.05, 0.1) is 18.9 Å². The van der Waals surface area contributed by atoms with Crippen LogP contribution in [0.15, 0.2) is 48.7 Å². The van der Waals surface area contributed by atoms with E-state index in [2.05, 4.69) is 15.0 Å². The molecule has 1 aliphatic rings. The summed E-state index contributed by atoms with van der Waals surface area (Å²) in [5.74, 6) is -0.0809. The number of hydrogen-bond donors (Lipinski definition) is 1. The highest BCUT2D eigenvalue weighted by Crippen LogP contribution is 2.19. The van der Waals surface area contributed by atoms with E-state index in [0.717, 1.165) is 0 Å². The molecule has 1 saturated heterocycles. The fourth-order valence-corrected chi connectivity index (χ4v) is 3.48. The van der Waals surface area contributed by atoms with E-state index in [9.17, 15) is 22.8 Å². The molecule has 3 rings (SSSR count). The van der Waals surface area contributed by atoms with E-state index in [4.69, 9.17) is 4.74 Å². The number of pyridine rings is 1. The van der Waals surface area contributed by atoms with Crippen LogP contribution in [-0.4, -0.2) is 54.2 Å². The molecule has 1 N–H and O–H groups in total. The number of benzene rings is 1. The maximum Gasteiger partial charge on any atom is 0.422 e. The first-order chi connectivity index (χ1) is 15.8. The molecule has 2 heterocycles.